The van der Waals surface area contributed by atoms with Crippen LogP contribution in [0.25, 0.3) is 0 Å². The average Bonchev–Trinajstić information content (AvgIpc) is 2.20. The maximum absolute atomic E-state index is 10.6. The highest BCUT2D eigenvalue weighted by molar-refractivity contribution is 7.80. The molecule has 1 N–H and O–H groups in total. The van der Waals surface area contributed by atoms with E-state index in [-0.39, 0.29) is 16.3 Å². The van der Waals surface area contributed by atoms with Gasteiger partial charge in [0.05, 0.1) is 4.92 Å². The zero-order valence-corrected chi connectivity index (χ0v) is 9.18. The minimum absolute atomic E-state index is 0.0144. The Kier molecular flexibility index (Phi) is 3.73. The first-order valence-corrected chi connectivity index (χ1v) is 4.74. The summed E-state index contributed by atoms with van der Waals surface area (Å²) in [5.41, 5.74) is -0.224. The number of nitrogens with zero attached hydrogens (tertiary/aromatic N) is 1. The molecule has 0 heterocycles. The van der Waals surface area contributed by atoms with E-state index >= 15 is 0 Å². The van der Waals surface area contributed by atoms with Crippen molar-refractivity contribution in [3.8, 4) is 5.75 Å². The van der Waals surface area contributed by atoms with Crippen LogP contribution in [0.3, 0.4) is 0 Å². The number of thiol groups is 1. The molecule has 86 valence electrons. The summed E-state index contributed by atoms with van der Waals surface area (Å²) in [6, 6.07) is 4.09. The predicted molar refractivity (Wildman–Crippen MR) is 58.1 cm³/mol. The Morgan fingerprint density at radius 3 is 2.75 bits per heavy atom. The maximum atomic E-state index is 10.6. The van der Waals surface area contributed by atoms with Crippen molar-refractivity contribution in [3.05, 3.63) is 28.3 Å². The van der Waals surface area contributed by atoms with Gasteiger partial charge in [0.2, 0.25) is 0 Å². The second-order valence-corrected chi connectivity index (χ2v) is 3.43. The Morgan fingerprint density at radius 2 is 2.25 bits per heavy atom. The van der Waals surface area contributed by atoms with E-state index in [9.17, 15) is 14.9 Å². The molecular formula is C9H9NO5S. The van der Waals surface area contributed by atoms with E-state index in [1.807, 2.05) is 0 Å². The van der Waals surface area contributed by atoms with Crippen molar-refractivity contribution in [2.75, 3.05) is 0 Å². The lowest BCUT2D eigenvalue weighted by Crippen LogP contribution is -2.23. The highest BCUT2D eigenvalue weighted by Gasteiger charge is 2.19. The van der Waals surface area contributed by atoms with Crippen molar-refractivity contribution in [2.24, 2.45) is 0 Å². The standard InChI is InChI=1S/C9H9NO5S/c1-5(9(11)12)15-7-4-2-3-6(8(7)16)10(13)14/h2-5,16H,1H3,(H,11,12). The minimum atomic E-state index is -1.15. The third kappa shape index (κ3) is 2.63. The van der Waals surface area contributed by atoms with E-state index in [1.165, 1.54) is 25.1 Å². The summed E-state index contributed by atoms with van der Waals surface area (Å²) < 4.78 is 5.02. The highest BCUT2D eigenvalue weighted by Crippen LogP contribution is 2.32. The summed E-state index contributed by atoms with van der Waals surface area (Å²) in [5.74, 6) is -1.08. The normalized spacial score (nSPS) is 11.9. The molecule has 0 aromatic heterocycles. The fraction of sp³-hybridized carbons (Fsp3) is 0.222. The number of ether oxygens (including phenoxy) is 1. The molecule has 0 aliphatic heterocycles. The van der Waals surface area contributed by atoms with Crippen LogP contribution < -0.4 is 4.74 Å². The van der Waals surface area contributed by atoms with Gasteiger partial charge in [0.15, 0.2) is 6.10 Å². The van der Waals surface area contributed by atoms with E-state index in [1.54, 1.807) is 0 Å². The number of hydrogen-bond donors (Lipinski definition) is 2. The molecule has 0 fully saturated rings. The molecule has 1 aromatic rings. The SMILES string of the molecule is CC(Oc1cccc([N+](=O)[O-])c1S)C(=O)O. The zero-order chi connectivity index (χ0) is 12.3. The molecule has 0 saturated heterocycles. The molecule has 1 unspecified atom stereocenters. The highest BCUT2D eigenvalue weighted by atomic mass is 32.1. The van der Waals surface area contributed by atoms with Crippen LogP contribution in [0.4, 0.5) is 5.69 Å². The van der Waals surface area contributed by atoms with Gasteiger partial charge in [-0.25, -0.2) is 4.79 Å². The molecule has 0 spiro atoms. The van der Waals surface area contributed by atoms with Crippen LogP contribution in [0.1, 0.15) is 6.92 Å². The number of nitro benzene ring substituents is 1. The van der Waals surface area contributed by atoms with E-state index < -0.39 is 17.0 Å². The quantitative estimate of drug-likeness (QED) is 0.477. The number of hydrogen-bond acceptors (Lipinski definition) is 5. The van der Waals surface area contributed by atoms with Gasteiger partial charge in [-0.2, -0.15) is 0 Å². The Balaban J connectivity index is 3.02. The first-order valence-electron chi connectivity index (χ1n) is 4.29. The van der Waals surface area contributed by atoms with Crippen molar-refractivity contribution in [2.45, 2.75) is 17.9 Å². The summed E-state index contributed by atoms with van der Waals surface area (Å²) in [6.07, 6.45) is -1.09. The lowest BCUT2D eigenvalue weighted by Gasteiger charge is -2.11. The van der Waals surface area contributed by atoms with Crippen molar-refractivity contribution in [3.63, 3.8) is 0 Å². The Bertz CT molecular complexity index is 434. The summed E-state index contributed by atoms with van der Waals surface area (Å²) >= 11 is 3.93. The molecular weight excluding hydrogens is 234 g/mol. The van der Waals surface area contributed by atoms with Crippen LogP contribution in [-0.2, 0) is 4.79 Å². The van der Waals surface area contributed by atoms with Gasteiger partial charge in [-0.3, -0.25) is 10.1 Å². The number of nitro groups is 1. The van der Waals surface area contributed by atoms with Crippen molar-refractivity contribution >= 4 is 24.3 Å². The van der Waals surface area contributed by atoms with Crippen LogP contribution >= 0.6 is 12.6 Å². The number of carboxylic acid groups (broad SMARTS) is 1. The van der Waals surface area contributed by atoms with Gasteiger partial charge >= 0.3 is 5.97 Å². The van der Waals surface area contributed by atoms with E-state index in [0.717, 1.165) is 0 Å². The monoisotopic (exact) mass is 243 g/mol. The summed E-state index contributed by atoms with van der Waals surface area (Å²) in [4.78, 5) is 20.5. The first-order chi connectivity index (χ1) is 7.43. The smallest absolute Gasteiger partial charge is 0.344 e. The van der Waals surface area contributed by atoms with E-state index in [4.69, 9.17) is 9.84 Å². The predicted octanol–water partition coefficient (Wildman–Crippen LogP) is 1.74. The van der Waals surface area contributed by atoms with Crippen molar-refractivity contribution < 1.29 is 19.6 Å². The molecule has 1 rings (SSSR count). The van der Waals surface area contributed by atoms with Crippen LogP contribution in [-0.4, -0.2) is 22.1 Å². The molecule has 7 heteroatoms. The van der Waals surface area contributed by atoms with E-state index in [0.29, 0.717) is 0 Å². The lowest BCUT2D eigenvalue weighted by atomic mass is 10.3. The number of benzene rings is 1. The van der Waals surface area contributed by atoms with Crippen LogP contribution in [0.5, 0.6) is 5.75 Å². The zero-order valence-electron chi connectivity index (χ0n) is 8.28. The lowest BCUT2D eigenvalue weighted by molar-refractivity contribution is -0.387. The molecule has 0 radical (unpaired) electrons. The Morgan fingerprint density at radius 1 is 1.62 bits per heavy atom. The number of aliphatic carboxylic acids is 1. The number of carbonyl (C=O) groups is 1. The fourth-order valence-corrected chi connectivity index (χ4v) is 1.28. The fourth-order valence-electron chi connectivity index (χ4n) is 0.994. The number of carboxylic acids is 1. The maximum Gasteiger partial charge on any atom is 0.344 e. The topological polar surface area (TPSA) is 89.7 Å². The molecule has 1 aromatic carbocycles. The van der Waals surface area contributed by atoms with E-state index in [2.05, 4.69) is 12.6 Å². The molecule has 0 saturated carbocycles. The summed E-state index contributed by atoms with van der Waals surface area (Å²) in [7, 11) is 0. The van der Waals surface area contributed by atoms with Crippen molar-refractivity contribution in [1.82, 2.24) is 0 Å². The molecule has 0 bridgehead atoms. The second-order valence-electron chi connectivity index (χ2n) is 2.98. The van der Waals surface area contributed by atoms with Gasteiger partial charge in [-0.05, 0) is 13.0 Å². The molecule has 1 atom stereocenters. The number of rotatable bonds is 4. The van der Waals surface area contributed by atoms with Crippen LogP contribution in [0.2, 0.25) is 0 Å². The largest absolute Gasteiger partial charge is 0.479 e. The minimum Gasteiger partial charge on any atom is -0.479 e. The third-order valence-electron chi connectivity index (χ3n) is 1.83. The van der Waals surface area contributed by atoms with Gasteiger partial charge in [-0.1, -0.05) is 6.07 Å². The average molecular weight is 243 g/mol. The van der Waals surface area contributed by atoms with Crippen molar-refractivity contribution in [1.29, 1.82) is 0 Å². The Labute approximate surface area is 96.4 Å². The molecule has 0 aliphatic rings. The van der Waals surface area contributed by atoms with Crippen LogP contribution in [0, 0.1) is 10.1 Å². The summed E-state index contributed by atoms with van der Waals surface area (Å²) in [5, 5.41) is 19.2. The molecule has 0 aliphatic carbocycles. The first kappa shape index (κ1) is 12.3. The van der Waals surface area contributed by atoms with Gasteiger partial charge in [-0.15, -0.1) is 12.6 Å². The molecule has 6 nitrogen and oxygen atoms in total. The van der Waals surface area contributed by atoms with Crippen LogP contribution in [0.15, 0.2) is 23.1 Å². The van der Waals surface area contributed by atoms with Gasteiger partial charge in [0, 0.05) is 6.07 Å². The van der Waals surface area contributed by atoms with Gasteiger partial charge < -0.3 is 9.84 Å². The van der Waals surface area contributed by atoms with Gasteiger partial charge in [0.25, 0.3) is 5.69 Å². The molecule has 0 amide bonds. The summed E-state index contributed by atoms with van der Waals surface area (Å²) in [6.45, 7) is 1.33. The van der Waals surface area contributed by atoms with Gasteiger partial charge in [0.1, 0.15) is 10.6 Å². The molecule has 16 heavy (non-hydrogen) atoms. The third-order valence-corrected chi connectivity index (χ3v) is 2.28. The second kappa shape index (κ2) is 4.84. The Hall–Kier alpha value is -1.76.